The van der Waals surface area contributed by atoms with E-state index in [2.05, 4.69) is 0 Å². The molecule has 2 rings (SSSR count). The predicted molar refractivity (Wildman–Crippen MR) is 68.1 cm³/mol. The lowest BCUT2D eigenvalue weighted by atomic mass is 9.94. The minimum Gasteiger partial charge on any atom is -0.376 e. The SMILES string of the molecule is Cc1cc(F)cc(C)c1C(Cl)C1CCCCO1. The molecule has 1 heterocycles. The third-order valence-electron chi connectivity index (χ3n) is 3.38. The molecule has 0 N–H and O–H groups in total. The number of alkyl halides is 1. The first-order valence-electron chi connectivity index (χ1n) is 6.12. The Bertz CT molecular complexity index is 376. The lowest BCUT2D eigenvalue weighted by molar-refractivity contribution is 0.0134. The van der Waals surface area contributed by atoms with Crippen molar-refractivity contribution in [1.29, 1.82) is 0 Å². The molecule has 0 saturated carbocycles. The standard InChI is InChI=1S/C14H18ClFO/c1-9-7-11(16)8-10(2)13(9)14(15)12-5-3-4-6-17-12/h7-8,12,14H,3-6H2,1-2H3. The summed E-state index contributed by atoms with van der Waals surface area (Å²) < 4.78 is 18.9. The van der Waals surface area contributed by atoms with Crippen molar-refractivity contribution in [2.24, 2.45) is 0 Å². The second kappa shape index (κ2) is 5.36. The quantitative estimate of drug-likeness (QED) is 0.717. The van der Waals surface area contributed by atoms with Crippen LogP contribution in [0.15, 0.2) is 12.1 Å². The third kappa shape index (κ3) is 2.80. The largest absolute Gasteiger partial charge is 0.376 e. The van der Waals surface area contributed by atoms with E-state index in [1.165, 1.54) is 0 Å². The van der Waals surface area contributed by atoms with Crippen molar-refractivity contribution in [2.45, 2.75) is 44.6 Å². The van der Waals surface area contributed by atoms with Crippen LogP contribution >= 0.6 is 11.6 Å². The van der Waals surface area contributed by atoms with Gasteiger partial charge in [0.1, 0.15) is 5.82 Å². The number of aryl methyl sites for hydroxylation is 2. The van der Waals surface area contributed by atoms with Gasteiger partial charge in [-0.15, -0.1) is 11.6 Å². The monoisotopic (exact) mass is 256 g/mol. The molecule has 0 aliphatic carbocycles. The van der Waals surface area contributed by atoms with Crippen LogP contribution in [0.2, 0.25) is 0 Å². The minimum atomic E-state index is -0.197. The number of hydrogen-bond donors (Lipinski definition) is 0. The summed E-state index contributed by atoms with van der Waals surface area (Å²) in [6.45, 7) is 4.60. The van der Waals surface area contributed by atoms with Crippen LogP contribution in [0, 0.1) is 19.7 Å². The summed E-state index contributed by atoms with van der Waals surface area (Å²) in [5.41, 5.74) is 2.85. The smallest absolute Gasteiger partial charge is 0.123 e. The molecule has 2 unspecified atom stereocenters. The number of rotatable bonds is 2. The first-order valence-corrected chi connectivity index (χ1v) is 6.55. The van der Waals surface area contributed by atoms with E-state index in [0.717, 1.165) is 42.6 Å². The van der Waals surface area contributed by atoms with E-state index in [0.29, 0.717) is 0 Å². The molecule has 1 aromatic rings. The van der Waals surface area contributed by atoms with Crippen LogP contribution in [0.5, 0.6) is 0 Å². The van der Waals surface area contributed by atoms with Crippen molar-refractivity contribution in [2.75, 3.05) is 6.61 Å². The van der Waals surface area contributed by atoms with Crippen LogP contribution in [0.1, 0.15) is 41.3 Å². The molecule has 0 aromatic heterocycles. The molecule has 0 bridgehead atoms. The van der Waals surface area contributed by atoms with Crippen molar-refractivity contribution in [1.82, 2.24) is 0 Å². The molecule has 17 heavy (non-hydrogen) atoms. The van der Waals surface area contributed by atoms with Gasteiger partial charge in [0.25, 0.3) is 0 Å². The van der Waals surface area contributed by atoms with Gasteiger partial charge in [-0.1, -0.05) is 0 Å². The zero-order valence-corrected chi connectivity index (χ0v) is 11.1. The van der Waals surface area contributed by atoms with Gasteiger partial charge in [0.05, 0.1) is 11.5 Å². The molecule has 0 amide bonds. The zero-order chi connectivity index (χ0) is 12.4. The van der Waals surface area contributed by atoms with Crippen molar-refractivity contribution in [3.8, 4) is 0 Å². The van der Waals surface area contributed by atoms with E-state index in [-0.39, 0.29) is 17.3 Å². The zero-order valence-electron chi connectivity index (χ0n) is 10.3. The molecule has 0 radical (unpaired) electrons. The van der Waals surface area contributed by atoms with Crippen LogP contribution in [0.25, 0.3) is 0 Å². The summed E-state index contributed by atoms with van der Waals surface area (Å²) in [5, 5.41) is -0.170. The Labute approximate surface area is 107 Å². The van der Waals surface area contributed by atoms with E-state index < -0.39 is 0 Å². The van der Waals surface area contributed by atoms with Gasteiger partial charge < -0.3 is 4.74 Å². The van der Waals surface area contributed by atoms with Gasteiger partial charge in [-0.2, -0.15) is 0 Å². The van der Waals surface area contributed by atoms with Gasteiger partial charge >= 0.3 is 0 Å². The van der Waals surface area contributed by atoms with Gasteiger partial charge in [-0.05, 0) is 61.9 Å². The Morgan fingerprint density at radius 2 is 1.94 bits per heavy atom. The molecular formula is C14H18ClFO. The summed E-state index contributed by atoms with van der Waals surface area (Å²) in [6, 6.07) is 3.08. The summed E-state index contributed by atoms with van der Waals surface area (Å²) in [4.78, 5) is 0. The Morgan fingerprint density at radius 3 is 2.47 bits per heavy atom. The van der Waals surface area contributed by atoms with Gasteiger partial charge in [-0.3, -0.25) is 0 Å². The molecular weight excluding hydrogens is 239 g/mol. The number of ether oxygens (including phenoxy) is 1. The van der Waals surface area contributed by atoms with Crippen molar-refractivity contribution < 1.29 is 9.13 Å². The average Bonchev–Trinajstić information content (AvgIpc) is 2.28. The summed E-state index contributed by atoms with van der Waals surface area (Å²) in [6.07, 6.45) is 3.33. The Kier molecular flexibility index (Phi) is 4.05. The molecule has 94 valence electrons. The topological polar surface area (TPSA) is 9.23 Å². The lowest BCUT2D eigenvalue weighted by Gasteiger charge is -2.28. The number of hydrogen-bond acceptors (Lipinski definition) is 1. The maximum absolute atomic E-state index is 13.2. The Morgan fingerprint density at radius 1 is 1.29 bits per heavy atom. The second-order valence-electron chi connectivity index (χ2n) is 4.76. The molecule has 1 aliphatic rings. The van der Waals surface area contributed by atoms with E-state index in [4.69, 9.17) is 16.3 Å². The van der Waals surface area contributed by atoms with Crippen LogP contribution in [-0.2, 0) is 4.74 Å². The summed E-state index contributed by atoms with van der Waals surface area (Å²) in [7, 11) is 0. The fraction of sp³-hybridized carbons (Fsp3) is 0.571. The molecule has 2 atom stereocenters. The fourth-order valence-electron chi connectivity index (χ4n) is 2.54. The maximum atomic E-state index is 13.2. The highest BCUT2D eigenvalue weighted by Gasteiger charge is 2.26. The second-order valence-corrected chi connectivity index (χ2v) is 5.23. The third-order valence-corrected chi connectivity index (χ3v) is 3.87. The predicted octanol–water partition coefficient (Wildman–Crippen LogP) is 4.29. The van der Waals surface area contributed by atoms with Crippen molar-refractivity contribution >= 4 is 11.6 Å². The van der Waals surface area contributed by atoms with E-state index in [1.807, 2.05) is 13.8 Å². The van der Waals surface area contributed by atoms with Crippen molar-refractivity contribution in [3.05, 3.63) is 34.6 Å². The highest BCUT2D eigenvalue weighted by molar-refractivity contribution is 6.21. The van der Waals surface area contributed by atoms with Gasteiger partial charge in [0, 0.05) is 6.61 Å². The highest BCUT2D eigenvalue weighted by atomic mass is 35.5. The molecule has 1 saturated heterocycles. The maximum Gasteiger partial charge on any atom is 0.123 e. The van der Waals surface area contributed by atoms with Crippen LogP contribution in [-0.4, -0.2) is 12.7 Å². The van der Waals surface area contributed by atoms with Crippen LogP contribution < -0.4 is 0 Å². The van der Waals surface area contributed by atoms with Crippen molar-refractivity contribution in [3.63, 3.8) is 0 Å². The van der Waals surface area contributed by atoms with Gasteiger partial charge in [0.15, 0.2) is 0 Å². The van der Waals surface area contributed by atoms with E-state index >= 15 is 0 Å². The fourth-order valence-corrected chi connectivity index (χ4v) is 3.08. The Hall–Kier alpha value is -0.600. The molecule has 3 heteroatoms. The molecule has 1 aliphatic heterocycles. The van der Waals surface area contributed by atoms with E-state index in [1.54, 1.807) is 12.1 Å². The summed E-state index contributed by atoms with van der Waals surface area (Å²) in [5.74, 6) is -0.197. The molecule has 1 nitrogen and oxygen atoms in total. The normalized spacial score (nSPS) is 22.5. The molecule has 1 fully saturated rings. The highest BCUT2D eigenvalue weighted by Crippen LogP contribution is 2.35. The average molecular weight is 257 g/mol. The molecule has 1 aromatic carbocycles. The van der Waals surface area contributed by atoms with Gasteiger partial charge in [0.2, 0.25) is 0 Å². The molecule has 0 spiro atoms. The number of halogens is 2. The minimum absolute atomic E-state index is 0.0632. The van der Waals surface area contributed by atoms with Crippen LogP contribution in [0.3, 0.4) is 0 Å². The number of benzene rings is 1. The first-order chi connectivity index (χ1) is 8.09. The van der Waals surface area contributed by atoms with Gasteiger partial charge in [-0.25, -0.2) is 4.39 Å². The first kappa shape index (κ1) is 12.8. The van der Waals surface area contributed by atoms with Crippen LogP contribution in [0.4, 0.5) is 4.39 Å². The summed E-state index contributed by atoms with van der Waals surface area (Å²) >= 11 is 6.50. The van der Waals surface area contributed by atoms with E-state index in [9.17, 15) is 4.39 Å². The Balaban J connectivity index is 2.26. The lowest BCUT2D eigenvalue weighted by Crippen LogP contribution is -2.24.